The van der Waals surface area contributed by atoms with Gasteiger partial charge in [0, 0.05) is 40.2 Å². The maximum absolute atomic E-state index is 15.1. The number of aromatic amines is 1. The summed E-state index contributed by atoms with van der Waals surface area (Å²) < 4.78 is 20.3. The van der Waals surface area contributed by atoms with Gasteiger partial charge in [0.15, 0.2) is 5.65 Å². The van der Waals surface area contributed by atoms with Crippen LogP contribution in [0.5, 0.6) is 0 Å². The third-order valence-corrected chi connectivity index (χ3v) is 7.52. The van der Waals surface area contributed by atoms with Crippen molar-refractivity contribution >= 4 is 16.9 Å². The largest absolute Gasteiger partial charge is 0.345 e. The zero-order chi connectivity index (χ0) is 28.6. The van der Waals surface area contributed by atoms with E-state index in [1.807, 2.05) is 33.0 Å². The van der Waals surface area contributed by atoms with Gasteiger partial charge in [0.05, 0.1) is 5.69 Å². The number of aromatic nitrogens is 5. The molecule has 210 valence electrons. The van der Waals surface area contributed by atoms with Gasteiger partial charge in [-0.25, -0.2) is 9.37 Å². The summed E-state index contributed by atoms with van der Waals surface area (Å²) in [6, 6.07) is 15.6. The number of benzene rings is 2. The smallest absolute Gasteiger partial charge is 0.292 e. The Balaban J connectivity index is 1.18. The molecule has 0 bridgehead atoms. The van der Waals surface area contributed by atoms with Crippen molar-refractivity contribution in [3.63, 3.8) is 0 Å². The van der Waals surface area contributed by atoms with Crippen LogP contribution in [0.2, 0.25) is 0 Å². The molecule has 10 heteroatoms. The molecule has 0 saturated carbocycles. The lowest BCUT2D eigenvalue weighted by Gasteiger charge is -2.23. The molecule has 3 aromatic heterocycles. The van der Waals surface area contributed by atoms with E-state index in [0.29, 0.717) is 34.3 Å². The molecule has 0 aliphatic carbocycles. The normalized spacial score (nSPS) is 14.4. The molecule has 41 heavy (non-hydrogen) atoms. The second-order valence-corrected chi connectivity index (χ2v) is 11.5. The number of carbonyl (C=O) groups is 1. The first-order valence-electron chi connectivity index (χ1n) is 13.8. The number of hydrogen-bond acceptors (Lipinski definition) is 7. The zero-order valence-electron chi connectivity index (χ0n) is 23.3. The van der Waals surface area contributed by atoms with Gasteiger partial charge in [0.2, 0.25) is 5.89 Å². The molecule has 3 N–H and O–H groups in total. The Bertz CT molecular complexity index is 1700. The number of nitrogens with one attached hydrogen (secondary N) is 3. The SMILES string of the molecule is CC(C)(C)c1nc(C(=O)NCc2ccc(-c3[nH]nc4ncc(-c5ccc(C6CCNCC6)cc5)cc34)cc2F)no1. The topological polar surface area (TPSA) is 122 Å². The maximum atomic E-state index is 15.1. The van der Waals surface area contributed by atoms with E-state index in [4.69, 9.17) is 4.52 Å². The van der Waals surface area contributed by atoms with Gasteiger partial charge in [0.25, 0.3) is 11.7 Å². The van der Waals surface area contributed by atoms with Gasteiger partial charge in [-0.2, -0.15) is 10.1 Å². The van der Waals surface area contributed by atoms with Gasteiger partial charge in [-0.1, -0.05) is 62.3 Å². The van der Waals surface area contributed by atoms with E-state index in [1.54, 1.807) is 12.1 Å². The van der Waals surface area contributed by atoms with E-state index in [0.717, 1.165) is 42.4 Å². The van der Waals surface area contributed by atoms with Crippen molar-refractivity contribution in [1.82, 2.24) is 36.0 Å². The highest BCUT2D eigenvalue weighted by atomic mass is 19.1. The minimum Gasteiger partial charge on any atom is -0.345 e. The van der Waals surface area contributed by atoms with E-state index in [2.05, 4.69) is 60.2 Å². The number of pyridine rings is 1. The van der Waals surface area contributed by atoms with E-state index >= 15 is 4.39 Å². The Morgan fingerprint density at radius 1 is 1.05 bits per heavy atom. The van der Waals surface area contributed by atoms with E-state index in [1.165, 1.54) is 11.6 Å². The first-order valence-corrected chi connectivity index (χ1v) is 13.8. The number of nitrogens with zero attached hydrogens (tertiary/aromatic N) is 4. The van der Waals surface area contributed by atoms with Crippen molar-refractivity contribution in [3.8, 4) is 22.4 Å². The predicted molar refractivity (Wildman–Crippen MR) is 154 cm³/mol. The lowest BCUT2D eigenvalue weighted by atomic mass is 9.89. The summed E-state index contributed by atoms with van der Waals surface area (Å²) in [4.78, 5) is 21.2. The maximum Gasteiger partial charge on any atom is 0.292 e. The highest BCUT2D eigenvalue weighted by Gasteiger charge is 2.24. The van der Waals surface area contributed by atoms with Crippen molar-refractivity contribution < 1.29 is 13.7 Å². The molecule has 0 unspecified atom stereocenters. The second-order valence-electron chi connectivity index (χ2n) is 11.5. The second kappa shape index (κ2) is 10.9. The van der Waals surface area contributed by atoms with Crippen LogP contribution >= 0.6 is 0 Å². The summed E-state index contributed by atoms with van der Waals surface area (Å²) in [7, 11) is 0. The third-order valence-electron chi connectivity index (χ3n) is 7.52. The number of carbonyl (C=O) groups excluding carboxylic acids is 1. The van der Waals surface area contributed by atoms with Gasteiger partial charge in [-0.3, -0.25) is 9.89 Å². The molecule has 0 spiro atoms. The van der Waals surface area contributed by atoms with Crippen molar-refractivity contribution in [3.05, 3.63) is 83.4 Å². The monoisotopic (exact) mass is 553 g/mol. The molecule has 0 radical (unpaired) electrons. The first kappa shape index (κ1) is 26.8. The lowest BCUT2D eigenvalue weighted by Crippen LogP contribution is -2.26. The van der Waals surface area contributed by atoms with E-state index in [-0.39, 0.29) is 17.8 Å². The Morgan fingerprint density at radius 3 is 2.51 bits per heavy atom. The summed E-state index contributed by atoms with van der Waals surface area (Å²) in [5.74, 6) is -0.115. The predicted octanol–water partition coefficient (Wildman–Crippen LogP) is 5.51. The number of piperidine rings is 1. The van der Waals surface area contributed by atoms with Crippen molar-refractivity contribution in [2.45, 2.75) is 51.5 Å². The van der Waals surface area contributed by atoms with Crippen LogP contribution in [0.25, 0.3) is 33.4 Å². The van der Waals surface area contributed by atoms with Crippen LogP contribution in [0.1, 0.15) is 67.2 Å². The Hall–Kier alpha value is -4.44. The van der Waals surface area contributed by atoms with Gasteiger partial charge < -0.3 is 15.2 Å². The fraction of sp³-hybridized carbons (Fsp3) is 0.323. The number of halogens is 1. The third kappa shape index (κ3) is 5.60. The molecule has 1 aliphatic rings. The van der Waals surface area contributed by atoms with Crippen molar-refractivity contribution in [2.24, 2.45) is 0 Å². The summed E-state index contributed by atoms with van der Waals surface area (Å²) in [5, 5.41) is 18.0. The Labute approximate surface area is 237 Å². The van der Waals surface area contributed by atoms with E-state index in [9.17, 15) is 4.79 Å². The van der Waals surface area contributed by atoms with Crippen LogP contribution in [0.3, 0.4) is 0 Å². The van der Waals surface area contributed by atoms with Crippen LogP contribution in [0, 0.1) is 5.82 Å². The fourth-order valence-corrected chi connectivity index (χ4v) is 5.10. The van der Waals surface area contributed by atoms with Crippen LogP contribution in [-0.2, 0) is 12.0 Å². The standard InChI is InChI=1S/C31H32FN7O2/c1-31(2,3)30-36-28(39-41-30)29(40)35-16-22-9-8-21(15-25(22)32)26-24-14-23(17-34-27(24)38-37-26)19-6-4-18(5-7-19)20-10-12-33-13-11-20/h4-9,14-15,17,20,33H,10-13,16H2,1-3H3,(H,35,40)(H,34,37,38). The molecule has 1 amide bonds. The highest BCUT2D eigenvalue weighted by Crippen LogP contribution is 2.32. The van der Waals surface area contributed by atoms with Gasteiger partial charge in [-0.15, -0.1) is 0 Å². The number of H-pyrrole nitrogens is 1. The first-order chi connectivity index (χ1) is 19.8. The van der Waals surface area contributed by atoms with E-state index < -0.39 is 11.7 Å². The molecule has 1 saturated heterocycles. The summed E-state index contributed by atoms with van der Waals surface area (Å²) in [5.41, 5.74) is 5.22. The summed E-state index contributed by atoms with van der Waals surface area (Å²) in [6.07, 6.45) is 4.13. The average Bonchev–Trinajstić information content (AvgIpc) is 3.65. The molecule has 9 nitrogen and oxygen atoms in total. The van der Waals surface area contributed by atoms with Crippen LogP contribution in [0.4, 0.5) is 4.39 Å². The molecular weight excluding hydrogens is 521 g/mol. The molecule has 6 rings (SSSR count). The highest BCUT2D eigenvalue weighted by molar-refractivity contribution is 5.93. The molecule has 1 fully saturated rings. The van der Waals surface area contributed by atoms with Crippen LogP contribution in [-0.4, -0.2) is 44.3 Å². The molecule has 4 heterocycles. The summed E-state index contributed by atoms with van der Waals surface area (Å²) in [6.45, 7) is 7.83. The minimum atomic E-state index is -0.533. The Morgan fingerprint density at radius 2 is 1.80 bits per heavy atom. The van der Waals surface area contributed by atoms with Gasteiger partial charge in [0.1, 0.15) is 5.82 Å². The molecule has 0 atom stereocenters. The van der Waals surface area contributed by atoms with Gasteiger partial charge >= 0.3 is 0 Å². The zero-order valence-corrected chi connectivity index (χ0v) is 23.3. The van der Waals surface area contributed by atoms with Crippen molar-refractivity contribution in [1.29, 1.82) is 0 Å². The number of fused-ring (bicyclic) bond motifs is 1. The van der Waals surface area contributed by atoms with Crippen molar-refractivity contribution in [2.75, 3.05) is 13.1 Å². The summed E-state index contributed by atoms with van der Waals surface area (Å²) >= 11 is 0. The molecular formula is C31H32FN7O2. The molecule has 1 aliphatic heterocycles. The molecule has 5 aromatic rings. The average molecular weight is 554 g/mol. The lowest BCUT2D eigenvalue weighted by molar-refractivity contribution is 0.0937. The number of amides is 1. The fourth-order valence-electron chi connectivity index (χ4n) is 5.10. The quantitative estimate of drug-likeness (QED) is 0.254. The van der Waals surface area contributed by atoms with Gasteiger partial charge in [-0.05, 0) is 55.1 Å². The molecule has 2 aromatic carbocycles. The Kier molecular flexibility index (Phi) is 7.08. The number of hydrogen-bond donors (Lipinski definition) is 3. The number of rotatable bonds is 6. The van der Waals surface area contributed by atoms with Crippen LogP contribution in [0.15, 0.2) is 59.3 Å². The van der Waals surface area contributed by atoms with Crippen LogP contribution < -0.4 is 10.6 Å². The minimum absolute atomic E-state index is 0.0207.